The van der Waals surface area contributed by atoms with E-state index in [1.54, 1.807) is 0 Å². The smallest absolute Gasteiger partial charge is 0.230 e. The minimum Gasteiger partial charge on any atom is -0.409 e. The van der Waals surface area contributed by atoms with Gasteiger partial charge >= 0.3 is 0 Å². The third-order valence-corrected chi connectivity index (χ3v) is 3.13. The van der Waals surface area contributed by atoms with E-state index in [1.807, 2.05) is 6.92 Å². The summed E-state index contributed by atoms with van der Waals surface area (Å²) >= 11 is 0. The van der Waals surface area contributed by atoms with Crippen LogP contribution in [0.4, 0.5) is 0 Å². The van der Waals surface area contributed by atoms with E-state index in [0.29, 0.717) is 12.8 Å². The van der Waals surface area contributed by atoms with Crippen LogP contribution < -0.4 is 16.2 Å². The van der Waals surface area contributed by atoms with Crippen molar-refractivity contribution in [2.75, 3.05) is 12.3 Å². The lowest BCUT2D eigenvalue weighted by Crippen LogP contribution is -2.39. The fourth-order valence-electron chi connectivity index (χ4n) is 1.38. The van der Waals surface area contributed by atoms with E-state index < -0.39 is 15.9 Å². The molecule has 0 spiro atoms. The molecule has 9 heteroatoms. The average molecular weight is 280 g/mol. The number of rotatable bonds is 8. The summed E-state index contributed by atoms with van der Waals surface area (Å²) < 4.78 is 21.3. The van der Waals surface area contributed by atoms with E-state index in [1.165, 1.54) is 0 Å². The summed E-state index contributed by atoms with van der Waals surface area (Å²) in [7, 11) is -3.51. The number of nitrogens with two attached hydrogens (primary N) is 2. The molecule has 6 N–H and O–H groups in total. The van der Waals surface area contributed by atoms with Crippen LogP contribution in [0.3, 0.4) is 0 Å². The molecule has 0 aromatic carbocycles. The van der Waals surface area contributed by atoms with Crippen molar-refractivity contribution in [3.8, 4) is 0 Å². The summed E-state index contributed by atoms with van der Waals surface area (Å²) in [6.45, 7) is 2.04. The van der Waals surface area contributed by atoms with Gasteiger partial charge in [-0.25, -0.2) is 13.6 Å². The summed E-state index contributed by atoms with van der Waals surface area (Å²) in [5, 5.41) is 18.7. The van der Waals surface area contributed by atoms with Gasteiger partial charge in [-0.15, -0.1) is 0 Å². The van der Waals surface area contributed by atoms with Crippen LogP contribution in [0.25, 0.3) is 0 Å². The second-order valence-corrected chi connectivity index (χ2v) is 5.61. The molecule has 0 radical (unpaired) electrons. The van der Waals surface area contributed by atoms with Crippen molar-refractivity contribution >= 4 is 21.8 Å². The fourth-order valence-corrected chi connectivity index (χ4v) is 1.93. The molecule has 0 aliphatic rings. The maximum Gasteiger partial charge on any atom is 0.230 e. The first-order valence-electron chi connectivity index (χ1n) is 5.57. The molecule has 0 aromatic heterocycles. The predicted octanol–water partition coefficient (Wildman–Crippen LogP) is -1.06. The lowest BCUT2D eigenvalue weighted by molar-refractivity contribution is -0.123. The Hall–Kier alpha value is -1.35. The zero-order chi connectivity index (χ0) is 14.2. The zero-order valence-corrected chi connectivity index (χ0v) is 11.1. The first-order valence-corrected chi connectivity index (χ1v) is 7.29. The molecular weight excluding hydrogens is 260 g/mol. The maximum absolute atomic E-state index is 11.7. The molecule has 18 heavy (non-hydrogen) atoms. The maximum atomic E-state index is 11.7. The van der Waals surface area contributed by atoms with E-state index in [0.717, 1.165) is 0 Å². The Bertz CT molecular complexity index is 393. The molecule has 1 atom stereocenters. The molecule has 0 saturated carbocycles. The first-order chi connectivity index (χ1) is 8.31. The standard InChI is InChI=1S/C9H20N4O4S/c1-2-4-7(8(10)13-15)9(14)12-5-3-6-18(11,16)17/h7,15H,2-6H2,1H3,(H2,10,13)(H,12,14)(H2,11,16,17). The monoisotopic (exact) mass is 280 g/mol. The van der Waals surface area contributed by atoms with Crippen LogP contribution in [0.15, 0.2) is 5.16 Å². The number of hydrogen-bond acceptors (Lipinski definition) is 5. The van der Waals surface area contributed by atoms with Crippen molar-refractivity contribution in [3.05, 3.63) is 0 Å². The van der Waals surface area contributed by atoms with E-state index in [2.05, 4.69) is 10.5 Å². The first kappa shape index (κ1) is 16.6. The van der Waals surface area contributed by atoms with Crippen molar-refractivity contribution in [2.45, 2.75) is 26.2 Å². The molecule has 0 heterocycles. The second-order valence-electron chi connectivity index (χ2n) is 3.88. The lowest BCUT2D eigenvalue weighted by atomic mass is 10.0. The Morgan fingerprint density at radius 3 is 2.56 bits per heavy atom. The largest absolute Gasteiger partial charge is 0.409 e. The molecule has 1 unspecified atom stereocenters. The van der Waals surface area contributed by atoms with Gasteiger partial charge in [0.15, 0.2) is 5.84 Å². The van der Waals surface area contributed by atoms with Gasteiger partial charge in [-0.3, -0.25) is 4.79 Å². The Kier molecular flexibility index (Phi) is 7.29. The minimum atomic E-state index is -3.51. The van der Waals surface area contributed by atoms with Crippen LogP contribution in [-0.2, 0) is 14.8 Å². The van der Waals surface area contributed by atoms with Gasteiger partial charge in [0.25, 0.3) is 0 Å². The molecule has 0 fully saturated rings. The molecule has 0 bridgehead atoms. The number of primary sulfonamides is 1. The van der Waals surface area contributed by atoms with E-state index in [4.69, 9.17) is 16.1 Å². The third-order valence-electron chi connectivity index (χ3n) is 2.27. The van der Waals surface area contributed by atoms with Gasteiger partial charge in [-0.2, -0.15) is 0 Å². The van der Waals surface area contributed by atoms with Crippen molar-refractivity contribution in [1.82, 2.24) is 5.32 Å². The summed E-state index contributed by atoms with van der Waals surface area (Å²) in [4.78, 5) is 11.7. The van der Waals surface area contributed by atoms with Crippen LogP contribution in [0.1, 0.15) is 26.2 Å². The zero-order valence-electron chi connectivity index (χ0n) is 10.3. The highest BCUT2D eigenvalue weighted by Crippen LogP contribution is 2.06. The van der Waals surface area contributed by atoms with Crippen molar-refractivity contribution < 1.29 is 18.4 Å². The van der Waals surface area contributed by atoms with Crippen molar-refractivity contribution in [1.29, 1.82) is 0 Å². The Morgan fingerprint density at radius 1 is 1.50 bits per heavy atom. The summed E-state index contributed by atoms with van der Waals surface area (Å²) in [5.74, 6) is -1.44. The number of nitrogens with zero attached hydrogens (tertiary/aromatic N) is 1. The number of carbonyl (C=O) groups excluding carboxylic acids is 1. The predicted molar refractivity (Wildman–Crippen MR) is 67.4 cm³/mol. The summed E-state index contributed by atoms with van der Waals surface area (Å²) in [6, 6.07) is 0. The van der Waals surface area contributed by atoms with Crippen LogP contribution in [-0.4, -0.2) is 37.7 Å². The van der Waals surface area contributed by atoms with Gasteiger partial charge in [-0.1, -0.05) is 18.5 Å². The quantitative estimate of drug-likeness (QED) is 0.147. The van der Waals surface area contributed by atoms with Gasteiger partial charge in [0.2, 0.25) is 15.9 Å². The highest BCUT2D eigenvalue weighted by Gasteiger charge is 2.21. The molecule has 0 aliphatic heterocycles. The lowest BCUT2D eigenvalue weighted by Gasteiger charge is -2.14. The topological polar surface area (TPSA) is 148 Å². The van der Waals surface area contributed by atoms with Crippen molar-refractivity contribution in [2.24, 2.45) is 21.9 Å². The molecule has 0 aliphatic carbocycles. The second kappa shape index (κ2) is 7.88. The summed E-state index contributed by atoms with van der Waals surface area (Å²) in [6.07, 6.45) is 1.38. The number of sulfonamides is 1. The third kappa shape index (κ3) is 7.07. The number of carbonyl (C=O) groups is 1. The minimum absolute atomic E-state index is 0.152. The normalized spacial score (nSPS) is 14.2. The van der Waals surface area contributed by atoms with Gasteiger partial charge in [-0.05, 0) is 12.8 Å². The Labute approximate surface area is 106 Å². The van der Waals surface area contributed by atoms with E-state index in [9.17, 15) is 13.2 Å². The van der Waals surface area contributed by atoms with Gasteiger partial charge in [0.1, 0.15) is 0 Å². The molecule has 8 nitrogen and oxygen atoms in total. The molecule has 0 aromatic rings. The van der Waals surface area contributed by atoms with Crippen LogP contribution in [0.2, 0.25) is 0 Å². The average Bonchev–Trinajstić information content (AvgIpc) is 2.29. The van der Waals surface area contributed by atoms with Gasteiger partial charge in [0, 0.05) is 6.54 Å². The molecular formula is C9H20N4O4S. The summed E-state index contributed by atoms with van der Waals surface area (Å²) in [5.41, 5.74) is 5.40. The molecule has 0 rings (SSSR count). The molecule has 0 saturated heterocycles. The Balaban J connectivity index is 4.20. The highest BCUT2D eigenvalue weighted by atomic mass is 32.2. The van der Waals surface area contributed by atoms with Gasteiger partial charge < -0.3 is 16.3 Å². The Morgan fingerprint density at radius 2 is 2.11 bits per heavy atom. The number of hydrogen-bond donors (Lipinski definition) is 4. The SMILES string of the molecule is CCCC(C(=O)NCCCS(N)(=O)=O)C(N)=NO. The number of oxime groups is 1. The van der Waals surface area contributed by atoms with Crippen LogP contribution >= 0.6 is 0 Å². The highest BCUT2D eigenvalue weighted by molar-refractivity contribution is 7.89. The number of amidine groups is 1. The fraction of sp³-hybridized carbons (Fsp3) is 0.778. The van der Waals surface area contributed by atoms with E-state index >= 15 is 0 Å². The van der Waals surface area contributed by atoms with Crippen LogP contribution in [0.5, 0.6) is 0 Å². The number of nitrogens with one attached hydrogen (secondary N) is 1. The number of amides is 1. The van der Waals surface area contributed by atoms with Crippen molar-refractivity contribution in [3.63, 3.8) is 0 Å². The van der Waals surface area contributed by atoms with Gasteiger partial charge in [0.05, 0.1) is 11.7 Å². The molecule has 106 valence electrons. The molecule has 1 amide bonds. The van der Waals surface area contributed by atoms with E-state index in [-0.39, 0.29) is 30.5 Å². The van der Waals surface area contributed by atoms with Crippen LogP contribution in [0, 0.1) is 5.92 Å².